The number of methoxy groups -OCH3 is 1. The minimum atomic E-state index is -3.58. The Labute approximate surface area is 218 Å². The van der Waals surface area contributed by atoms with E-state index in [1.54, 1.807) is 35.7 Å². The molecule has 0 unspecified atom stereocenters. The van der Waals surface area contributed by atoms with Gasteiger partial charge in [0.1, 0.15) is 5.75 Å². The third kappa shape index (κ3) is 6.38. The third-order valence-electron chi connectivity index (χ3n) is 6.75. The van der Waals surface area contributed by atoms with E-state index in [4.69, 9.17) is 4.74 Å². The number of urea groups is 1. The molecule has 1 aromatic heterocycles. The predicted octanol–water partition coefficient (Wildman–Crippen LogP) is 3.85. The summed E-state index contributed by atoms with van der Waals surface area (Å²) in [5.41, 5.74) is 2.42. The van der Waals surface area contributed by atoms with Crippen molar-refractivity contribution in [2.75, 3.05) is 45.2 Å². The van der Waals surface area contributed by atoms with Crippen LogP contribution in [-0.2, 0) is 10.0 Å². The Morgan fingerprint density at radius 1 is 1.14 bits per heavy atom. The molecule has 198 valence electrons. The number of nitrogens with one attached hydrogen (secondary N) is 2. The molecule has 2 N–H and O–H groups in total. The molecular formula is C27H35N5O4S. The average molecular weight is 526 g/mol. The average Bonchev–Trinajstić information content (AvgIpc) is 2.90. The van der Waals surface area contributed by atoms with E-state index >= 15 is 0 Å². The van der Waals surface area contributed by atoms with Gasteiger partial charge in [0.2, 0.25) is 10.0 Å². The number of hydrogen-bond donors (Lipinski definition) is 2. The number of anilines is 1. The largest absolute Gasteiger partial charge is 0.497 e. The maximum atomic E-state index is 13.3. The van der Waals surface area contributed by atoms with Crippen LogP contribution in [-0.4, -0.2) is 74.5 Å². The van der Waals surface area contributed by atoms with Crippen LogP contribution >= 0.6 is 0 Å². The van der Waals surface area contributed by atoms with Gasteiger partial charge in [0.25, 0.3) is 0 Å². The molecule has 0 spiro atoms. The van der Waals surface area contributed by atoms with Gasteiger partial charge in [-0.15, -0.1) is 0 Å². The van der Waals surface area contributed by atoms with Crippen molar-refractivity contribution in [3.63, 3.8) is 0 Å². The highest BCUT2D eigenvalue weighted by Gasteiger charge is 2.32. The van der Waals surface area contributed by atoms with Crippen LogP contribution in [0.15, 0.2) is 59.5 Å². The second-order valence-corrected chi connectivity index (χ2v) is 11.1. The topological polar surface area (TPSA) is 104 Å². The summed E-state index contributed by atoms with van der Waals surface area (Å²) in [5, 5.41) is 6.78. The Bertz CT molecular complexity index is 1320. The maximum Gasteiger partial charge on any atom is 0.319 e. The van der Waals surface area contributed by atoms with Crippen LogP contribution in [0.2, 0.25) is 0 Å². The number of sulfonamides is 1. The van der Waals surface area contributed by atoms with Gasteiger partial charge in [0.15, 0.2) is 0 Å². The predicted molar refractivity (Wildman–Crippen MR) is 146 cm³/mol. The van der Waals surface area contributed by atoms with Crippen LogP contribution < -0.4 is 15.4 Å². The van der Waals surface area contributed by atoms with Crippen molar-refractivity contribution in [1.29, 1.82) is 0 Å². The number of amides is 2. The summed E-state index contributed by atoms with van der Waals surface area (Å²) in [7, 11) is -2.02. The number of aromatic nitrogens is 1. The van der Waals surface area contributed by atoms with Gasteiger partial charge in [-0.05, 0) is 69.3 Å². The number of benzene rings is 2. The number of carbonyl (C=O) groups is 1. The number of aryl methyl sites for hydroxylation is 1. The molecule has 0 aliphatic carbocycles. The lowest BCUT2D eigenvalue weighted by Gasteiger charge is -2.37. The molecule has 2 heterocycles. The molecule has 9 nitrogen and oxygen atoms in total. The van der Waals surface area contributed by atoms with Gasteiger partial charge >= 0.3 is 6.03 Å². The van der Waals surface area contributed by atoms with Gasteiger partial charge in [-0.1, -0.05) is 25.1 Å². The van der Waals surface area contributed by atoms with Crippen LogP contribution in [0.4, 0.5) is 10.5 Å². The number of likely N-dealkylation sites (tertiary alicyclic amines) is 1. The van der Waals surface area contributed by atoms with Crippen LogP contribution in [0.3, 0.4) is 0 Å². The van der Waals surface area contributed by atoms with E-state index in [1.807, 2.05) is 44.2 Å². The van der Waals surface area contributed by atoms with E-state index < -0.39 is 10.0 Å². The molecule has 1 saturated heterocycles. The van der Waals surface area contributed by atoms with Gasteiger partial charge in [0.05, 0.1) is 23.2 Å². The maximum absolute atomic E-state index is 13.3. The smallest absolute Gasteiger partial charge is 0.319 e. The highest BCUT2D eigenvalue weighted by molar-refractivity contribution is 7.89. The van der Waals surface area contributed by atoms with E-state index in [0.717, 1.165) is 48.2 Å². The standard InChI is InChI=1S/C27H35N5O4S/c1-4-32(37(34,35)23-11-9-22(36-3)10-12-23)21-13-16-31(17-14-21)18-15-28-27(33)30-26-19-20(2)29-25-8-6-5-7-24(25)26/h5-12,19,21H,4,13-18H2,1-3H3,(H2,28,29,30,33). The van der Waals surface area contributed by atoms with E-state index in [9.17, 15) is 13.2 Å². The molecule has 4 rings (SSSR count). The first-order valence-corrected chi connectivity index (χ1v) is 14.1. The minimum Gasteiger partial charge on any atom is -0.497 e. The fourth-order valence-corrected chi connectivity index (χ4v) is 6.54. The van der Waals surface area contributed by atoms with E-state index in [2.05, 4.69) is 20.5 Å². The summed E-state index contributed by atoms with van der Waals surface area (Å²) in [6.45, 7) is 6.95. The molecule has 0 atom stereocenters. The Morgan fingerprint density at radius 3 is 2.51 bits per heavy atom. The number of nitrogens with zero attached hydrogens (tertiary/aromatic N) is 3. The zero-order valence-corrected chi connectivity index (χ0v) is 22.4. The summed E-state index contributed by atoms with van der Waals surface area (Å²) < 4.78 is 33.3. The number of piperidine rings is 1. The Kier molecular flexibility index (Phi) is 8.63. The normalized spacial score (nSPS) is 15.1. The minimum absolute atomic E-state index is 0.0483. The van der Waals surface area contributed by atoms with Crippen molar-refractivity contribution in [3.8, 4) is 5.75 Å². The molecule has 3 aromatic rings. The molecular weight excluding hydrogens is 490 g/mol. The molecule has 0 bridgehead atoms. The van der Waals surface area contributed by atoms with E-state index in [-0.39, 0.29) is 17.0 Å². The summed E-state index contributed by atoms with van der Waals surface area (Å²) in [5.74, 6) is 0.627. The first kappa shape index (κ1) is 26.8. The van der Waals surface area contributed by atoms with E-state index in [0.29, 0.717) is 25.4 Å². The number of hydrogen-bond acceptors (Lipinski definition) is 6. The lowest BCUT2D eigenvalue weighted by Crippen LogP contribution is -2.48. The fourth-order valence-electron chi connectivity index (χ4n) is 4.84. The fraction of sp³-hybridized carbons (Fsp3) is 0.407. The van der Waals surface area contributed by atoms with Gasteiger partial charge in [0, 0.05) is 36.8 Å². The summed E-state index contributed by atoms with van der Waals surface area (Å²) in [4.78, 5) is 19.6. The zero-order valence-electron chi connectivity index (χ0n) is 21.6. The Balaban J connectivity index is 1.26. The number of ether oxygens (including phenoxy) is 1. The molecule has 2 aromatic carbocycles. The molecule has 0 saturated carbocycles. The van der Waals surface area contributed by atoms with Gasteiger partial charge in [-0.3, -0.25) is 4.98 Å². The van der Waals surface area contributed by atoms with Gasteiger partial charge in [-0.2, -0.15) is 4.31 Å². The van der Waals surface area contributed by atoms with Gasteiger partial charge in [-0.25, -0.2) is 13.2 Å². The Hall–Kier alpha value is -3.21. The van der Waals surface area contributed by atoms with Crippen molar-refractivity contribution < 1.29 is 17.9 Å². The number of para-hydroxylation sites is 1. The lowest BCUT2D eigenvalue weighted by atomic mass is 10.1. The summed E-state index contributed by atoms with van der Waals surface area (Å²) in [6.07, 6.45) is 1.50. The molecule has 1 fully saturated rings. The first-order chi connectivity index (χ1) is 17.8. The number of pyridine rings is 1. The van der Waals surface area contributed by atoms with Crippen molar-refractivity contribution in [1.82, 2.24) is 19.5 Å². The Morgan fingerprint density at radius 2 is 1.84 bits per heavy atom. The number of carbonyl (C=O) groups excluding carboxylic acids is 1. The quantitative estimate of drug-likeness (QED) is 0.440. The molecule has 1 aliphatic heterocycles. The van der Waals surface area contributed by atoms with Crippen LogP contribution in [0.5, 0.6) is 5.75 Å². The molecule has 37 heavy (non-hydrogen) atoms. The second kappa shape index (κ2) is 11.9. The third-order valence-corrected chi connectivity index (χ3v) is 8.79. The van der Waals surface area contributed by atoms with Crippen LogP contribution in [0.1, 0.15) is 25.5 Å². The van der Waals surface area contributed by atoms with Crippen LogP contribution in [0, 0.1) is 6.92 Å². The lowest BCUT2D eigenvalue weighted by molar-refractivity contribution is 0.162. The van der Waals surface area contributed by atoms with Crippen molar-refractivity contribution >= 4 is 32.6 Å². The molecule has 2 amide bonds. The highest BCUT2D eigenvalue weighted by Crippen LogP contribution is 2.26. The second-order valence-electron chi connectivity index (χ2n) is 9.17. The number of fused-ring (bicyclic) bond motifs is 1. The zero-order chi connectivity index (χ0) is 26.4. The number of rotatable bonds is 9. The van der Waals surface area contributed by atoms with Crippen molar-refractivity contribution in [2.45, 2.75) is 37.6 Å². The van der Waals surface area contributed by atoms with Crippen molar-refractivity contribution in [2.24, 2.45) is 0 Å². The molecule has 10 heteroatoms. The monoisotopic (exact) mass is 525 g/mol. The SMILES string of the molecule is CCN(C1CCN(CCNC(=O)Nc2cc(C)nc3ccccc23)CC1)S(=O)(=O)c1ccc(OC)cc1. The first-order valence-electron chi connectivity index (χ1n) is 12.6. The molecule has 0 radical (unpaired) electrons. The summed E-state index contributed by atoms with van der Waals surface area (Å²) in [6, 6.07) is 15.8. The van der Waals surface area contributed by atoms with Gasteiger partial charge < -0.3 is 20.3 Å². The van der Waals surface area contributed by atoms with Crippen LogP contribution in [0.25, 0.3) is 10.9 Å². The summed E-state index contributed by atoms with van der Waals surface area (Å²) >= 11 is 0. The van der Waals surface area contributed by atoms with Crippen molar-refractivity contribution in [3.05, 3.63) is 60.3 Å². The highest BCUT2D eigenvalue weighted by atomic mass is 32.2. The van der Waals surface area contributed by atoms with E-state index in [1.165, 1.54) is 0 Å². The molecule has 1 aliphatic rings.